The first kappa shape index (κ1) is 11.6. The average molecular weight is 277 g/mol. The Morgan fingerprint density at radius 2 is 2.28 bits per heavy atom. The highest BCUT2D eigenvalue weighted by Crippen LogP contribution is 2.37. The SMILES string of the molecule is Cc1nc(-c2ccc3c(c2)NC(=O)CS3)c(N)s1. The number of nitrogen functional groups attached to an aromatic ring is 1. The molecule has 2 aromatic rings. The molecular formula is C12H11N3OS2. The van der Waals surface area contributed by atoms with Crippen LogP contribution in [0.15, 0.2) is 23.1 Å². The largest absolute Gasteiger partial charge is 0.389 e. The van der Waals surface area contributed by atoms with Crippen molar-refractivity contribution in [3.8, 4) is 11.3 Å². The number of carbonyl (C=O) groups excluding carboxylic acids is 1. The summed E-state index contributed by atoms with van der Waals surface area (Å²) in [7, 11) is 0. The normalized spacial score (nSPS) is 14.2. The Hall–Kier alpha value is -1.53. The molecule has 1 aliphatic heterocycles. The van der Waals surface area contributed by atoms with Crippen molar-refractivity contribution in [3.63, 3.8) is 0 Å². The maximum atomic E-state index is 11.4. The number of nitrogens with one attached hydrogen (secondary N) is 1. The molecule has 3 rings (SSSR count). The number of rotatable bonds is 1. The van der Waals surface area contributed by atoms with E-state index in [9.17, 15) is 4.79 Å². The van der Waals surface area contributed by atoms with Crippen molar-refractivity contribution >= 4 is 39.7 Å². The zero-order valence-corrected chi connectivity index (χ0v) is 11.3. The Balaban J connectivity index is 2.07. The van der Waals surface area contributed by atoms with Crippen molar-refractivity contribution in [2.75, 3.05) is 16.8 Å². The van der Waals surface area contributed by atoms with Crippen LogP contribution in [-0.4, -0.2) is 16.6 Å². The molecule has 2 heterocycles. The number of carbonyl (C=O) groups is 1. The maximum absolute atomic E-state index is 11.4. The molecule has 1 aromatic heterocycles. The van der Waals surface area contributed by atoms with Gasteiger partial charge in [0.2, 0.25) is 5.91 Å². The highest BCUT2D eigenvalue weighted by atomic mass is 32.2. The third-order valence-electron chi connectivity index (χ3n) is 2.65. The first-order valence-corrected chi connectivity index (χ1v) is 7.23. The molecular weight excluding hydrogens is 266 g/mol. The van der Waals surface area contributed by atoms with Crippen LogP contribution < -0.4 is 11.1 Å². The number of fused-ring (bicyclic) bond motifs is 1. The summed E-state index contributed by atoms with van der Waals surface area (Å²) in [4.78, 5) is 16.9. The monoisotopic (exact) mass is 277 g/mol. The summed E-state index contributed by atoms with van der Waals surface area (Å²) in [5.74, 6) is 0.511. The molecule has 3 N–H and O–H groups in total. The molecule has 0 saturated carbocycles. The van der Waals surface area contributed by atoms with E-state index in [1.54, 1.807) is 11.8 Å². The number of nitrogens with zero attached hydrogens (tertiary/aromatic N) is 1. The predicted octanol–water partition coefficient (Wildman–Crippen LogP) is 2.74. The van der Waals surface area contributed by atoms with Crippen LogP contribution in [0, 0.1) is 6.92 Å². The lowest BCUT2D eigenvalue weighted by Crippen LogP contribution is -2.18. The molecule has 1 aromatic carbocycles. The van der Waals surface area contributed by atoms with Gasteiger partial charge < -0.3 is 11.1 Å². The minimum Gasteiger partial charge on any atom is -0.389 e. The molecule has 1 amide bonds. The molecule has 0 spiro atoms. The molecule has 18 heavy (non-hydrogen) atoms. The number of aromatic nitrogens is 1. The van der Waals surface area contributed by atoms with Crippen molar-refractivity contribution in [2.24, 2.45) is 0 Å². The van der Waals surface area contributed by atoms with Gasteiger partial charge in [0.1, 0.15) is 10.7 Å². The fourth-order valence-corrected chi connectivity index (χ4v) is 3.38. The number of hydrogen-bond donors (Lipinski definition) is 2. The van der Waals surface area contributed by atoms with Crippen molar-refractivity contribution in [1.82, 2.24) is 4.98 Å². The number of aryl methyl sites for hydroxylation is 1. The Kier molecular flexibility index (Phi) is 2.76. The second kappa shape index (κ2) is 4.29. The van der Waals surface area contributed by atoms with Gasteiger partial charge in [-0.1, -0.05) is 6.07 Å². The van der Waals surface area contributed by atoms with E-state index in [0.717, 1.165) is 26.8 Å². The zero-order valence-electron chi connectivity index (χ0n) is 9.69. The van der Waals surface area contributed by atoms with Gasteiger partial charge in [-0.2, -0.15) is 0 Å². The average Bonchev–Trinajstić information content (AvgIpc) is 2.67. The standard InChI is InChI=1S/C12H11N3OS2/c1-6-14-11(12(13)18-6)7-2-3-9-8(4-7)15-10(16)5-17-9/h2-4H,5,13H2,1H3,(H,15,16). The Morgan fingerprint density at radius 1 is 1.44 bits per heavy atom. The number of anilines is 2. The van der Waals surface area contributed by atoms with E-state index in [4.69, 9.17) is 5.73 Å². The van der Waals surface area contributed by atoms with Gasteiger partial charge in [-0.15, -0.1) is 23.1 Å². The van der Waals surface area contributed by atoms with E-state index < -0.39 is 0 Å². The van der Waals surface area contributed by atoms with Gasteiger partial charge in [-0.3, -0.25) is 4.79 Å². The van der Waals surface area contributed by atoms with Gasteiger partial charge in [-0.25, -0.2) is 4.98 Å². The van der Waals surface area contributed by atoms with Gasteiger partial charge in [0.25, 0.3) is 0 Å². The van der Waals surface area contributed by atoms with Crippen LogP contribution in [0.2, 0.25) is 0 Å². The molecule has 0 aliphatic carbocycles. The predicted molar refractivity (Wildman–Crippen MR) is 76.1 cm³/mol. The molecule has 0 saturated heterocycles. The number of hydrogen-bond acceptors (Lipinski definition) is 5. The van der Waals surface area contributed by atoms with Gasteiger partial charge in [0.15, 0.2) is 0 Å². The number of thiazole rings is 1. The number of amides is 1. The summed E-state index contributed by atoms with van der Waals surface area (Å²) >= 11 is 3.03. The minimum atomic E-state index is 0.0343. The maximum Gasteiger partial charge on any atom is 0.234 e. The lowest BCUT2D eigenvalue weighted by atomic mass is 10.1. The number of thioether (sulfide) groups is 1. The van der Waals surface area contributed by atoms with Crippen molar-refractivity contribution < 1.29 is 4.79 Å². The molecule has 92 valence electrons. The molecule has 4 nitrogen and oxygen atoms in total. The van der Waals surface area contributed by atoms with Crippen LogP contribution in [0.4, 0.5) is 10.7 Å². The molecule has 6 heteroatoms. The van der Waals surface area contributed by atoms with Gasteiger partial charge in [-0.05, 0) is 19.1 Å². The van der Waals surface area contributed by atoms with Gasteiger partial charge in [0, 0.05) is 10.5 Å². The summed E-state index contributed by atoms with van der Waals surface area (Å²) in [5, 5.41) is 4.52. The smallest absolute Gasteiger partial charge is 0.234 e. The first-order valence-electron chi connectivity index (χ1n) is 5.43. The molecule has 0 atom stereocenters. The fourth-order valence-electron chi connectivity index (χ4n) is 1.88. The summed E-state index contributed by atoms with van der Waals surface area (Å²) in [6, 6.07) is 5.93. The van der Waals surface area contributed by atoms with Gasteiger partial charge >= 0.3 is 0 Å². The second-order valence-electron chi connectivity index (χ2n) is 3.99. The molecule has 1 aliphatic rings. The van der Waals surface area contributed by atoms with E-state index >= 15 is 0 Å². The number of benzene rings is 1. The molecule has 0 bridgehead atoms. The fraction of sp³-hybridized carbons (Fsp3) is 0.167. The van der Waals surface area contributed by atoms with E-state index in [1.807, 2.05) is 25.1 Å². The van der Waals surface area contributed by atoms with Crippen LogP contribution in [0.1, 0.15) is 5.01 Å². The van der Waals surface area contributed by atoms with Crippen LogP contribution >= 0.6 is 23.1 Å². The molecule has 0 fully saturated rings. The van der Waals surface area contributed by atoms with Crippen LogP contribution in [0.25, 0.3) is 11.3 Å². The van der Waals surface area contributed by atoms with E-state index in [2.05, 4.69) is 10.3 Å². The third-order valence-corrected chi connectivity index (χ3v) is 4.52. The molecule has 0 radical (unpaired) electrons. The molecule has 0 unspecified atom stereocenters. The van der Waals surface area contributed by atoms with E-state index in [0.29, 0.717) is 10.8 Å². The highest BCUT2D eigenvalue weighted by Gasteiger charge is 2.17. The van der Waals surface area contributed by atoms with Gasteiger partial charge in [0.05, 0.1) is 16.4 Å². The summed E-state index contributed by atoms with van der Waals surface area (Å²) in [6.45, 7) is 1.93. The van der Waals surface area contributed by atoms with Crippen LogP contribution in [0.3, 0.4) is 0 Å². The Morgan fingerprint density at radius 3 is 3.00 bits per heavy atom. The Labute approximate surface area is 113 Å². The quantitative estimate of drug-likeness (QED) is 0.841. The van der Waals surface area contributed by atoms with Crippen molar-refractivity contribution in [3.05, 3.63) is 23.2 Å². The zero-order chi connectivity index (χ0) is 12.7. The van der Waals surface area contributed by atoms with Crippen molar-refractivity contribution in [1.29, 1.82) is 0 Å². The summed E-state index contributed by atoms with van der Waals surface area (Å²) < 4.78 is 0. The topological polar surface area (TPSA) is 68.0 Å². The lowest BCUT2D eigenvalue weighted by molar-refractivity contribution is -0.113. The Bertz CT molecular complexity index is 636. The van der Waals surface area contributed by atoms with E-state index in [1.165, 1.54) is 11.3 Å². The van der Waals surface area contributed by atoms with Crippen molar-refractivity contribution in [2.45, 2.75) is 11.8 Å². The van der Waals surface area contributed by atoms with Crippen LogP contribution in [0.5, 0.6) is 0 Å². The third kappa shape index (κ3) is 1.97. The minimum absolute atomic E-state index is 0.0343. The van der Waals surface area contributed by atoms with E-state index in [-0.39, 0.29) is 5.91 Å². The summed E-state index contributed by atoms with van der Waals surface area (Å²) in [5.41, 5.74) is 8.53. The lowest BCUT2D eigenvalue weighted by Gasteiger charge is -2.16. The highest BCUT2D eigenvalue weighted by molar-refractivity contribution is 8.00. The van der Waals surface area contributed by atoms with Crippen LogP contribution in [-0.2, 0) is 4.79 Å². The number of nitrogens with two attached hydrogens (primary N) is 1. The second-order valence-corrected chi connectivity index (χ2v) is 6.25. The first-order chi connectivity index (χ1) is 8.63. The summed E-state index contributed by atoms with van der Waals surface area (Å²) in [6.07, 6.45) is 0.